The van der Waals surface area contributed by atoms with Crippen LogP contribution < -0.4 is 0 Å². The Hall–Kier alpha value is -1.64. The molecule has 92 valence electrons. The van der Waals surface area contributed by atoms with Gasteiger partial charge in [0.05, 0.1) is 6.61 Å². The highest BCUT2D eigenvalue weighted by Crippen LogP contribution is 2.07. The lowest BCUT2D eigenvalue weighted by atomic mass is 10.0. The van der Waals surface area contributed by atoms with Gasteiger partial charge in [-0.1, -0.05) is 29.8 Å². The van der Waals surface area contributed by atoms with E-state index in [1.165, 1.54) is 5.56 Å². The molecule has 0 heterocycles. The van der Waals surface area contributed by atoms with E-state index in [4.69, 9.17) is 4.74 Å². The maximum Gasteiger partial charge on any atom is 0.313 e. The molecule has 0 amide bonds. The van der Waals surface area contributed by atoms with Crippen molar-refractivity contribution in [2.45, 2.75) is 33.1 Å². The van der Waals surface area contributed by atoms with E-state index in [1.54, 1.807) is 6.92 Å². The van der Waals surface area contributed by atoms with E-state index in [0.29, 0.717) is 19.4 Å². The molecule has 3 nitrogen and oxygen atoms in total. The van der Waals surface area contributed by atoms with Crippen molar-refractivity contribution < 1.29 is 14.3 Å². The Balaban J connectivity index is 2.35. The molecule has 0 aliphatic rings. The van der Waals surface area contributed by atoms with Crippen molar-refractivity contribution in [1.82, 2.24) is 0 Å². The van der Waals surface area contributed by atoms with Crippen molar-refractivity contribution in [3.63, 3.8) is 0 Å². The van der Waals surface area contributed by atoms with Crippen LogP contribution in [0.1, 0.15) is 30.9 Å². The minimum Gasteiger partial charge on any atom is -0.466 e. The van der Waals surface area contributed by atoms with Gasteiger partial charge in [0.15, 0.2) is 0 Å². The first-order valence-corrected chi connectivity index (χ1v) is 5.84. The molecule has 17 heavy (non-hydrogen) atoms. The Morgan fingerprint density at radius 1 is 1.29 bits per heavy atom. The van der Waals surface area contributed by atoms with Crippen molar-refractivity contribution in [1.29, 1.82) is 0 Å². The van der Waals surface area contributed by atoms with Crippen LogP contribution >= 0.6 is 0 Å². The number of rotatable bonds is 6. The Kier molecular flexibility index (Phi) is 5.40. The number of esters is 1. The van der Waals surface area contributed by atoms with Gasteiger partial charge in [-0.3, -0.25) is 9.59 Å². The zero-order chi connectivity index (χ0) is 12.7. The lowest BCUT2D eigenvalue weighted by Crippen LogP contribution is -2.11. The normalized spacial score (nSPS) is 10.0. The molecule has 0 unspecified atom stereocenters. The number of carbonyl (C=O) groups excluding carboxylic acids is 2. The van der Waals surface area contributed by atoms with Gasteiger partial charge in [0.1, 0.15) is 12.2 Å². The fourth-order valence-electron chi connectivity index (χ4n) is 1.61. The van der Waals surface area contributed by atoms with Gasteiger partial charge in [-0.05, 0) is 25.8 Å². The van der Waals surface area contributed by atoms with Crippen molar-refractivity contribution in [2.75, 3.05) is 6.61 Å². The van der Waals surface area contributed by atoms with Crippen LogP contribution in [0.15, 0.2) is 24.3 Å². The van der Waals surface area contributed by atoms with Crippen LogP contribution in [-0.2, 0) is 20.7 Å². The monoisotopic (exact) mass is 234 g/mol. The summed E-state index contributed by atoms with van der Waals surface area (Å²) in [5.74, 6) is -0.494. The third kappa shape index (κ3) is 5.29. The predicted molar refractivity (Wildman–Crippen MR) is 65.8 cm³/mol. The fourth-order valence-corrected chi connectivity index (χ4v) is 1.61. The topological polar surface area (TPSA) is 43.4 Å². The number of ether oxygens (including phenoxy) is 1. The molecule has 0 aliphatic carbocycles. The fraction of sp³-hybridized carbons (Fsp3) is 0.429. The smallest absolute Gasteiger partial charge is 0.313 e. The first-order valence-electron chi connectivity index (χ1n) is 5.84. The molecule has 0 radical (unpaired) electrons. The molecule has 1 aromatic rings. The first kappa shape index (κ1) is 13.4. The van der Waals surface area contributed by atoms with Gasteiger partial charge >= 0.3 is 5.97 Å². The van der Waals surface area contributed by atoms with E-state index in [-0.39, 0.29) is 12.2 Å². The van der Waals surface area contributed by atoms with Crippen LogP contribution in [0.3, 0.4) is 0 Å². The zero-order valence-corrected chi connectivity index (χ0v) is 10.4. The molecule has 0 saturated heterocycles. The highest BCUT2D eigenvalue weighted by Gasteiger charge is 2.10. The molecule has 0 aromatic heterocycles. The van der Waals surface area contributed by atoms with Gasteiger partial charge in [-0.2, -0.15) is 0 Å². The molecule has 0 saturated carbocycles. The van der Waals surface area contributed by atoms with Crippen LogP contribution in [0.25, 0.3) is 0 Å². The summed E-state index contributed by atoms with van der Waals surface area (Å²) < 4.78 is 4.72. The molecular weight excluding hydrogens is 216 g/mol. The van der Waals surface area contributed by atoms with Crippen molar-refractivity contribution in [3.05, 3.63) is 35.4 Å². The van der Waals surface area contributed by atoms with Gasteiger partial charge in [-0.15, -0.1) is 0 Å². The predicted octanol–water partition coefficient (Wildman–Crippen LogP) is 2.45. The standard InChI is InChI=1S/C14H18O3/c1-3-17-14(16)10-13(15)8-7-12-6-4-5-11(2)9-12/h4-6,9H,3,7-8,10H2,1-2H3. The van der Waals surface area contributed by atoms with E-state index in [2.05, 4.69) is 6.07 Å². The average Bonchev–Trinajstić information content (AvgIpc) is 2.27. The van der Waals surface area contributed by atoms with Gasteiger partial charge < -0.3 is 4.74 Å². The van der Waals surface area contributed by atoms with Crippen LogP contribution in [-0.4, -0.2) is 18.4 Å². The summed E-state index contributed by atoms with van der Waals surface area (Å²) in [5.41, 5.74) is 2.31. The summed E-state index contributed by atoms with van der Waals surface area (Å²) in [6, 6.07) is 8.03. The molecule has 3 heteroatoms. The second-order valence-electron chi connectivity index (χ2n) is 4.01. The third-order valence-electron chi connectivity index (χ3n) is 2.42. The molecular formula is C14H18O3. The zero-order valence-electron chi connectivity index (χ0n) is 10.4. The minimum atomic E-state index is -0.429. The highest BCUT2D eigenvalue weighted by molar-refractivity contribution is 5.95. The van der Waals surface area contributed by atoms with E-state index in [9.17, 15) is 9.59 Å². The SMILES string of the molecule is CCOC(=O)CC(=O)CCc1cccc(C)c1. The minimum absolute atomic E-state index is 0.0649. The average molecular weight is 234 g/mol. The number of carbonyl (C=O) groups is 2. The van der Waals surface area contributed by atoms with Gasteiger partial charge in [0.2, 0.25) is 0 Å². The Labute approximate surface area is 102 Å². The molecule has 0 N–H and O–H groups in total. The van der Waals surface area contributed by atoms with Crippen LogP contribution in [0.2, 0.25) is 0 Å². The van der Waals surface area contributed by atoms with Crippen molar-refractivity contribution in [2.24, 2.45) is 0 Å². The Morgan fingerprint density at radius 2 is 2.06 bits per heavy atom. The van der Waals surface area contributed by atoms with Crippen LogP contribution in [0, 0.1) is 6.92 Å². The summed E-state index contributed by atoms with van der Waals surface area (Å²) >= 11 is 0. The summed E-state index contributed by atoms with van der Waals surface area (Å²) in [5, 5.41) is 0. The van der Waals surface area contributed by atoms with Crippen molar-refractivity contribution >= 4 is 11.8 Å². The van der Waals surface area contributed by atoms with Gasteiger partial charge in [0, 0.05) is 6.42 Å². The van der Waals surface area contributed by atoms with E-state index < -0.39 is 5.97 Å². The summed E-state index contributed by atoms with van der Waals surface area (Å²) in [7, 11) is 0. The maximum absolute atomic E-state index is 11.5. The number of ketones is 1. The molecule has 0 atom stereocenters. The van der Waals surface area contributed by atoms with Crippen LogP contribution in [0.5, 0.6) is 0 Å². The second kappa shape index (κ2) is 6.84. The molecule has 1 rings (SSSR count). The molecule has 0 aliphatic heterocycles. The summed E-state index contributed by atoms with van der Waals surface area (Å²) in [6.45, 7) is 4.07. The van der Waals surface area contributed by atoms with E-state index in [1.807, 2.05) is 25.1 Å². The Bertz CT molecular complexity index is 396. The number of hydrogen-bond donors (Lipinski definition) is 0. The Morgan fingerprint density at radius 3 is 2.71 bits per heavy atom. The lowest BCUT2D eigenvalue weighted by Gasteiger charge is -2.03. The van der Waals surface area contributed by atoms with E-state index >= 15 is 0 Å². The number of hydrogen-bond acceptors (Lipinski definition) is 3. The number of benzene rings is 1. The maximum atomic E-state index is 11.5. The third-order valence-corrected chi connectivity index (χ3v) is 2.42. The second-order valence-corrected chi connectivity index (χ2v) is 4.01. The van der Waals surface area contributed by atoms with Crippen LogP contribution in [0.4, 0.5) is 0 Å². The van der Waals surface area contributed by atoms with Gasteiger partial charge in [-0.25, -0.2) is 0 Å². The number of Topliss-reactive ketones (excluding diaryl/α,β-unsaturated/α-hetero) is 1. The molecule has 0 fully saturated rings. The quantitative estimate of drug-likeness (QED) is 0.561. The molecule has 0 bridgehead atoms. The lowest BCUT2D eigenvalue weighted by molar-refractivity contribution is -0.145. The highest BCUT2D eigenvalue weighted by atomic mass is 16.5. The largest absolute Gasteiger partial charge is 0.466 e. The van der Waals surface area contributed by atoms with Gasteiger partial charge in [0.25, 0.3) is 0 Å². The number of aryl methyl sites for hydroxylation is 2. The summed E-state index contributed by atoms with van der Waals surface area (Å²) in [4.78, 5) is 22.6. The van der Waals surface area contributed by atoms with Crippen molar-refractivity contribution in [3.8, 4) is 0 Å². The van der Waals surface area contributed by atoms with E-state index in [0.717, 1.165) is 5.56 Å². The molecule has 0 spiro atoms. The first-order chi connectivity index (χ1) is 8.11. The summed E-state index contributed by atoms with van der Waals surface area (Å²) in [6.07, 6.45) is 0.960. The molecule has 1 aromatic carbocycles.